The second-order valence-electron chi connectivity index (χ2n) is 7.44. The molecule has 0 spiro atoms. The molecule has 1 aliphatic rings. The van der Waals surface area contributed by atoms with Crippen molar-refractivity contribution in [2.45, 2.75) is 39.7 Å². The van der Waals surface area contributed by atoms with Crippen molar-refractivity contribution in [1.82, 2.24) is 0 Å². The number of methoxy groups -OCH3 is 1. The molecular formula is C23H22F3NO5. The van der Waals surface area contributed by atoms with E-state index in [1.807, 2.05) is 0 Å². The zero-order chi connectivity index (χ0) is 23.6. The molecule has 9 heteroatoms. The molecule has 0 fully saturated rings. The lowest BCUT2D eigenvalue weighted by Gasteiger charge is -2.15. The van der Waals surface area contributed by atoms with Gasteiger partial charge in [0.15, 0.2) is 17.5 Å². The first-order valence-corrected chi connectivity index (χ1v) is 9.83. The van der Waals surface area contributed by atoms with Gasteiger partial charge in [0.05, 0.1) is 12.8 Å². The summed E-state index contributed by atoms with van der Waals surface area (Å²) in [4.78, 5) is 24.0. The molecule has 6 nitrogen and oxygen atoms in total. The lowest BCUT2D eigenvalue weighted by Crippen LogP contribution is -2.13. The van der Waals surface area contributed by atoms with E-state index in [0.29, 0.717) is 28.9 Å². The summed E-state index contributed by atoms with van der Waals surface area (Å²) >= 11 is 0. The number of allylic oxidation sites excluding steroid dienone is 2. The van der Waals surface area contributed by atoms with Crippen molar-refractivity contribution in [3.63, 3.8) is 0 Å². The van der Waals surface area contributed by atoms with Gasteiger partial charge >= 0.3 is 5.97 Å². The van der Waals surface area contributed by atoms with Crippen molar-refractivity contribution in [2.24, 2.45) is 0 Å². The lowest BCUT2D eigenvalue weighted by molar-refractivity contribution is -0.116. The Labute approximate surface area is 182 Å². The predicted molar refractivity (Wildman–Crippen MR) is 110 cm³/mol. The number of amides is 1. The van der Waals surface area contributed by atoms with Crippen LogP contribution in [-0.2, 0) is 22.6 Å². The molecule has 32 heavy (non-hydrogen) atoms. The van der Waals surface area contributed by atoms with Crippen LogP contribution in [0.15, 0.2) is 23.8 Å². The number of carbonyl (C=O) groups is 2. The average molecular weight is 449 g/mol. The second kappa shape index (κ2) is 9.33. The van der Waals surface area contributed by atoms with Gasteiger partial charge in [-0.25, -0.2) is 18.0 Å². The minimum atomic E-state index is -1.65. The van der Waals surface area contributed by atoms with E-state index in [2.05, 4.69) is 5.32 Å². The van der Waals surface area contributed by atoms with Gasteiger partial charge < -0.3 is 19.9 Å². The van der Waals surface area contributed by atoms with E-state index in [-0.39, 0.29) is 30.8 Å². The maximum Gasteiger partial charge on any atom is 0.342 e. The number of rotatable bonds is 7. The van der Waals surface area contributed by atoms with Crippen LogP contribution >= 0.6 is 0 Å². The van der Waals surface area contributed by atoms with Crippen molar-refractivity contribution >= 4 is 17.6 Å². The number of esters is 1. The summed E-state index contributed by atoms with van der Waals surface area (Å²) in [5, 5.41) is 12.8. The number of cyclic esters (lactones) is 1. The largest absolute Gasteiger partial charge is 0.507 e. The number of nitrogens with one attached hydrogen (secondary N) is 1. The van der Waals surface area contributed by atoms with Crippen molar-refractivity contribution < 1.29 is 37.3 Å². The number of ether oxygens (including phenoxy) is 2. The fourth-order valence-corrected chi connectivity index (χ4v) is 3.55. The second-order valence-corrected chi connectivity index (χ2v) is 7.44. The van der Waals surface area contributed by atoms with Gasteiger partial charge in [0, 0.05) is 17.5 Å². The zero-order valence-corrected chi connectivity index (χ0v) is 17.8. The SMILES string of the molecule is COc1c(C)c2c(c(O)c1C/C=C(\C)CCC(=O)Nc1ccc(F)c(F)c1F)C(=O)OC2. The van der Waals surface area contributed by atoms with Gasteiger partial charge in [0.25, 0.3) is 0 Å². The van der Waals surface area contributed by atoms with E-state index < -0.39 is 35.0 Å². The third kappa shape index (κ3) is 4.42. The maximum atomic E-state index is 13.7. The minimum Gasteiger partial charge on any atom is -0.507 e. The average Bonchev–Trinajstić information content (AvgIpc) is 3.16. The Bertz CT molecular complexity index is 1130. The molecule has 0 aromatic heterocycles. The molecule has 2 aromatic rings. The van der Waals surface area contributed by atoms with Crippen molar-refractivity contribution in [3.05, 3.63) is 63.5 Å². The fraction of sp³-hybridized carbons (Fsp3) is 0.304. The normalized spacial score (nSPS) is 13.1. The standard InChI is InChI=1S/C23H22F3NO5/c1-11(5-9-17(28)27-16-8-7-15(24)19(25)20(16)26)4-6-13-21(29)18-14(10-32-23(18)30)12(2)22(13)31-3/h4,7-8,29H,5-6,9-10H2,1-3H3,(H,27,28)/b11-4+. The van der Waals surface area contributed by atoms with Crippen LogP contribution in [0.25, 0.3) is 0 Å². The molecule has 0 unspecified atom stereocenters. The summed E-state index contributed by atoms with van der Waals surface area (Å²) in [5.74, 6) is -5.35. The molecule has 0 saturated carbocycles. The molecule has 3 rings (SSSR count). The summed E-state index contributed by atoms with van der Waals surface area (Å²) in [7, 11) is 1.47. The molecule has 0 aliphatic carbocycles. The number of carbonyl (C=O) groups excluding carboxylic acids is 2. The van der Waals surface area contributed by atoms with Crippen LogP contribution in [0.3, 0.4) is 0 Å². The summed E-state index contributed by atoms with van der Waals surface area (Å²) in [6.07, 6.45) is 2.28. The molecule has 1 aliphatic heterocycles. The lowest BCUT2D eigenvalue weighted by atomic mass is 9.94. The van der Waals surface area contributed by atoms with Crippen LogP contribution in [0.1, 0.15) is 46.8 Å². The van der Waals surface area contributed by atoms with Crippen LogP contribution in [0.4, 0.5) is 18.9 Å². The molecule has 0 atom stereocenters. The van der Waals surface area contributed by atoms with Gasteiger partial charge in [-0.3, -0.25) is 4.79 Å². The summed E-state index contributed by atoms with van der Waals surface area (Å²) in [6, 6.07) is 1.68. The molecular weight excluding hydrogens is 427 g/mol. The van der Waals surface area contributed by atoms with Gasteiger partial charge in [-0.1, -0.05) is 11.6 Å². The van der Waals surface area contributed by atoms with Gasteiger partial charge in [-0.15, -0.1) is 0 Å². The number of phenols is 1. The smallest absolute Gasteiger partial charge is 0.342 e. The number of benzene rings is 2. The third-order valence-corrected chi connectivity index (χ3v) is 5.36. The quantitative estimate of drug-likeness (QED) is 0.364. The first kappa shape index (κ1) is 23.2. The molecule has 170 valence electrons. The Kier molecular flexibility index (Phi) is 6.76. The third-order valence-electron chi connectivity index (χ3n) is 5.36. The van der Waals surface area contributed by atoms with Crippen LogP contribution in [0, 0.1) is 24.4 Å². The van der Waals surface area contributed by atoms with E-state index in [4.69, 9.17) is 9.47 Å². The Morgan fingerprint density at radius 1 is 1.25 bits per heavy atom. The van der Waals surface area contributed by atoms with Gasteiger partial charge in [0.1, 0.15) is 23.7 Å². The Morgan fingerprint density at radius 3 is 2.66 bits per heavy atom. The van der Waals surface area contributed by atoms with Gasteiger partial charge in [-0.2, -0.15) is 0 Å². The van der Waals surface area contributed by atoms with Crippen LogP contribution in [0.2, 0.25) is 0 Å². The highest BCUT2D eigenvalue weighted by molar-refractivity contribution is 5.98. The van der Waals surface area contributed by atoms with E-state index in [9.17, 15) is 27.9 Å². The Hall–Kier alpha value is -3.49. The zero-order valence-electron chi connectivity index (χ0n) is 17.8. The first-order chi connectivity index (χ1) is 15.1. The Morgan fingerprint density at radius 2 is 1.97 bits per heavy atom. The van der Waals surface area contributed by atoms with Crippen LogP contribution < -0.4 is 10.1 Å². The number of anilines is 1. The van der Waals surface area contributed by atoms with E-state index >= 15 is 0 Å². The molecule has 1 heterocycles. The van der Waals surface area contributed by atoms with Crippen LogP contribution in [-0.4, -0.2) is 24.1 Å². The molecule has 2 aromatic carbocycles. The highest BCUT2D eigenvalue weighted by Gasteiger charge is 2.31. The minimum absolute atomic E-state index is 0.0283. The van der Waals surface area contributed by atoms with E-state index in [1.165, 1.54) is 7.11 Å². The summed E-state index contributed by atoms with van der Waals surface area (Å²) in [6.45, 7) is 3.62. The fourth-order valence-electron chi connectivity index (χ4n) is 3.55. The predicted octanol–water partition coefficient (Wildman–Crippen LogP) is 4.70. The molecule has 0 saturated heterocycles. The number of hydrogen-bond donors (Lipinski definition) is 2. The maximum absolute atomic E-state index is 13.7. The molecule has 0 radical (unpaired) electrons. The van der Waals surface area contributed by atoms with Gasteiger partial charge in [-0.05, 0) is 44.4 Å². The Balaban J connectivity index is 1.69. The number of hydrogen-bond acceptors (Lipinski definition) is 5. The molecule has 1 amide bonds. The van der Waals surface area contributed by atoms with Gasteiger partial charge in [0.2, 0.25) is 5.91 Å². The summed E-state index contributed by atoms with van der Waals surface area (Å²) < 4.78 is 50.4. The van der Waals surface area contributed by atoms with Crippen molar-refractivity contribution in [1.29, 1.82) is 0 Å². The topological polar surface area (TPSA) is 84.9 Å². The number of phenolic OH excluding ortho intramolecular Hbond substituents is 1. The van der Waals surface area contributed by atoms with Crippen LogP contribution in [0.5, 0.6) is 11.5 Å². The van der Waals surface area contributed by atoms with E-state index in [1.54, 1.807) is 19.9 Å². The van der Waals surface area contributed by atoms with E-state index in [0.717, 1.165) is 17.7 Å². The highest BCUT2D eigenvalue weighted by Crippen LogP contribution is 2.42. The number of aromatic hydroxyl groups is 1. The van der Waals surface area contributed by atoms with Crippen molar-refractivity contribution in [3.8, 4) is 11.5 Å². The first-order valence-electron chi connectivity index (χ1n) is 9.83. The number of fused-ring (bicyclic) bond motifs is 1. The molecule has 0 bridgehead atoms. The van der Waals surface area contributed by atoms with Crippen molar-refractivity contribution in [2.75, 3.05) is 12.4 Å². The monoisotopic (exact) mass is 449 g/mol. The number of halogens is 3. The summed E-state index contributed by atoms with van der Waals surface area (Å²) in [5.41, 5.74) is 2.21. The molecule has 2 N–H and O–H groups in total. The highest BCUT2D eigenvalue weighted by atomic mass is 19.2.